The molecule has 4 heteroatoms. The maximum absolute atomic E-state index is 11.9. The second-order valence-corrected chi connectivity index (χ2v) is 4.22. The summed E-state index contributed by atoms with van der Waals surface area (Å²) in [4.78, 5) is 19.4. The Morgan fingerprint density at radius 3 is 3.11 bits per heavy atom. The van der Waals surface area contributed by atoms with Crippen molar-refractivity contribution in [3.63, 3.8) is 0 Å². The first-order valence-corrected chi connectivity index (χ1v) is 6.12. The minimum atomic E-state index is -0.343. The third kappa shape index (κ3) is 1.61. The van der Waals surface area contributed by atoms with Crippen molar-refractivity contribution in [3.05, 3.63) is 35.5 Å². The molecule has 1 aliphatic rings. The fourth-order valence-electron chi connectivity index (χ4n) is 2.39. The van der Waals surface area contributed by atoms with Gasteiger partial charge < -0.3 is 9.72 Å². The Bertz CT molecular complexity index is 640. The quantitative estimate of drug-likeness (QED) is 0.820. The van der Waals surface area contributed by atoms with E-state index in [1.54, 1.807) is 6.92 Å². The van der Waals surface area contributed by atoms with E-state index < -0.39 is 0 Å². The van der Waals surface area contributed by atoms with E-state index in [0.29, 0.717) is 18.9 Å². The Morgan fingerprint density at radius 2 is 2.28 bits per heavy atom. The first kappa shape index (κ1) is 11.0. The average molecular weight is 242 g/mol. The molecule has 0 saturated carbocycles. The van der Waals surface area contributed by atoms with Crippen molar-refractivity contribution < 1.29 is 9.53 Å². The van der Waals surface area contributed by atoms with Crippen LogP contribution in [0.15, 0.2) is 29.3 Å². The SMILES string of the molecule is CCOC(=O)C1=NCCc2c1[nH]c1ccccc21. The van der Waals surface area contributed by atoms with Gasteiger partial charge in [0.2, 0.25) is 0 Å². The zero-order valence-electron chi connectivity index (χ0n) is 10.2. The van der Waals surface area contributed by atoms with Crippen LogP contribution in [0.25, 0.3) is 10.9 Å². The maximum Gasteiger partial charge on any atom is 0.358 e. The van der Waals surface area contributed by atoms with E-state index in [4.69, 9.17) is 4.74 Å². The molecule has 18 heavy (non-hydrogen) atoms. The van der Waals surface area contributed by atoms with Crippen LogP contribution in [0.5, 0.6) is 0 Å². The number of carbonyl (C=O) groups is 1. The number of benzene rings is 1. The summed E-state index contributed by atoms with van der Waals surface area (Å²) < 4.78 is 5.04. The molecule has 0 fully saturated rings. The van der Waals surface area contributed by atoms with Crippen molar-refractivity contribution in [3.8, 4) is 0 Å². The second kappa shape index (κ2) is 4.29. The highest BCUT2D eigenvalue weighted by atomic mass is 16.5. The molecule has 0 spiro atoms. The van der Waals surface area contributed by atoms with E-state index in [1.807, 2.05) is 18.2 Å². The number of H-pyrrole nitrogens is 1. The molecular formula is C14H14N2O2. The molecule has 4 nitrogen and oxygen atoms in total. The van der Waals surface area contributed by atoms with Gasteiger partial charge >= 0.3 is 5.97 Å². The third-order valence-corrected chi connectivity index (χ3v) is 3.15. The molecule has 0 radical (unpaired) electrons. The van der Waals surface area contributed by atoms with Crippen molar-refractivity contribution in [2.75, 3.05) is 13.2 Å². The summed E-state index contributed by atoms with van der Waals surface area (Å²) in [6.07, 6.45) is 0.863. The molecule has 0 amide bonds. The van der Waals surface area contributed by atoms with E-state index in [2.05, 4.69) is 16.0 Å². The van der Waals surface area contributed by atoms with Crippen LogP contribution < -0.4 is 0 Å². The van der Waals surface area contributed by atoms with Gasteiger partial charge in [0.25, 0.3) is 0 Å². The molecule has 1 N–H and O–H groups in total. The van der Waals surface area contributed by atoms with Gasteiger partial charge in [-0.25, -0.2) is 4.79 Å². The number of esters is 1. The molecule has 0 atom stereocenters. The van der Waals surface area contributed by atoms with Crippen LogP contribution in [0, 0.1) is 0 Å². The monoisotopic (exact) mass is 242 g/mol. The number of rotatable bonds is 2. The number of para-hydroxylation sites is 1. The highest BCUT2D eigenvalue weighted by Gasteiger charge is 2.25. The van der Waals surface area contributed by atoms with Crippen LogP contribution in [0.2, 0.25) is 0 Å². The molecule has 0 bridgehead atoms. The summed E-state index contributed by atoms with van der Waals surface area (Å²) in [5.74, 6) is -0.343. The molecule has 92 valence electrons. The molecule has 1 aliphatic heterocycles. The number of aromatic nitrogens is 1. The number of ether oxygens (including phenoxy) is 1. The molecule has 1 aromatic heterocycles. The summed E-state index contributed by atoms with van der Waals surface area (Å²) in [5, 5.41) is 1.17. The average Bonchev–Trinajstić information content (AvgIpc) is 2.77. The normalized spacial score (nSPS) is 14.2. The molecule has 0 unspecified atom stereocenters. The van der Waals surface area contributed by atoms with E-state index >= 15 is 0 Å². The Labute approximate surface area is 105 Å². The Kier molecular flexibility index (Phi) is 2.63. The van der Waals surface area contributed by atoms with Gasteiger partial charge in [-0.1, -0.05) is 18.2 Å². The van der Waals surface area contributed by atoms with Crippen molar-refractivity contribution in [1.29, 1.82) is 0 Å². The smallest absolute Gasteiger partial charge is 0.358 e. The van der Waals surface area contributed by atoms with Crippen molar-refractivity contribution in [1.82, 2.24) is 4.98 Å². The van der Waals surface area contributed by atoms with Crippen LogP contribution in [0.3, 0.4) is 0 Å². The van der Waals surface area contributed by atoms with Crippen LogP contribution in [0.1, 0.15) is 18.2 Å². The van der Waals surface area contributed by atoms with E-state index in [-0.39, 0.29) is 5.97 Å². The molecule has 2 heterocycles. The molecule has 0 aliphatic carbocycles. The number of carbonyl (C=O) groups excluding carboxylic acids is 1. The highest BCUT2D eigenvalue weighted by molar-refractivity contribution is 6.43. The molecule has 1 aromatic carbocycles. The van der Waals surface area contributed by atoms with Gasteiger partial charge in [0, 0.05) is 17.4 Å². The summed E-state index contributed by atoms with van der Waals surface area (Å²) in [6.45, 7) is 2.81. The second-order valence-electron chi connectivity index (χ2n) is 4.22. The predicted octanol–water partition coefficient (Wildman–Crippen LogP) is 2.08. The lowest BCUT2D eigenvalue weighted by atomic mass is 10.0. The summed E-state index contributed by atoms with van der Waals surface area (Å²) >= 11 is 0. The Morgan fingerprint density at radius 1 is 1.44 bits per heavy atom. The minimum Gasteiger partial charge on any atom is -0.461 e. The van der Waals surface area contributed by atoms with Gasteiger partial charge in [0.15, 0.2) is 5.71 Å². The standard InChI is InChI=1S/C14H14N2O2/c1-2-18-14(17)13-12-10(7-8-15-13)9-5-3-4-6-11(9)16-12/h3-6,16H,2,7-8H2,1H3. The number of nitrogens with zero attached hydrogens (tertiary/aromatic N) is 1. The predicted molar refractivity (Wildman–Crippen MR) is 70.0 cm³/mol. The molecule has 3 rings (SSSR count). The van der Waals surface area contributed by atoms with Crippen LogP contribution in [-0.2, 0) is 16.0 Å². The molecule has 0 saturated heterocycles. The minimum absolute atomic E-state index is 0.343. The van der Waals surface area contributed by atoms with Gasteiger partial charge in [0.05, 0.1) is 12.3 Å². The summed E-state index contributed by atoms with van der Waals surface area (Å²) in [7, 11) is 0. The van der Waals surface area contributed by atoms with Crippen molar-refractivity contribution in [2.45, 2.75) is 13.3 Å². The number of nitrogens with one attached hydrogen (secondary N) is 1. The number of hydrogen-bond acceptors (Lipinski definition) is 3. The van der Waals surface area contributed by atoms with Crippen LogP contribution in [0.4, 0.5) is 0 Å². The fourth-order valence-corrected chi connectivity index (χ4v) is 2.39. The van der Waals surface area contributed by atoms with Gasteiger partial charge in [-0.05, 0) is 25.0 Å². The Balaban J connectivity index is 2.13. The summed E-state index contributed by atoms with van der Waals surface area (Å²) in [6, 6.07) is 8.06. The first-order chi connectivity index (χ1) is 8.81. The van der Waals surface area contributed by atoms with Crippen LogP contribution in [-0.4, -0.2) is 29.8 Å². The Hall–Kier alpha value is -2.10. The zero-order valence-corrected chi connectivity index (χ0v) is 10.2. The maximum atomic E-state index is 11.9. The number of hydrogen-bond donors (Lipinski definition) is 1. The van der Waals surface area contributed by atoms with E-state index in [0.717, 1.165) is 17.6 Å². The fraction of sp³-hybridized carbons (Fsp3) is 0.286. The van der Waals surface area contributed by atoms with Crippen molar-refractivity contribution >= 4 is 22.6 Å². The van der Waals surface area contributed by atoms with Crippen LogP contribution >= 0.6 is 0 Å². The van der Waals surface area contributed by atoms with Gasteiger partial charge in [-0.3, -0.25) is 4.99 Å². The summed E-state index contributed by atoms with van der Waals surface area (Å²) in [5.41, 5.74) is 3.46. The first-order valence-electron chi connectivity index (χ1n) is 6.12. The third-order valence-electron chi connectivity index (χ3n) is 3.15. The largest absolute Gasteiger partial charge is 0.461 e. The van der Waals surface area contributed by atoms with E-state index in [1.165, 1.54) is 10.9 Å². The van der Waals surface area contributed by atoms with Crippen molar-refractivity contribution in [2.24, 2.45) is 4.99 Å². The lowest BCUT2D eigenvalue weighted by molar-refractivity contribution is -0.135. The number of aromatic amines is 1. The lowest BCUT2D eigenvalue weighted by Gasteiger charge is -2.11. The van der Waals surface area contributed by atoms with Gasteiger partial charge in [0.1, 0.15) is 0 Å². The number of fused-ring (bicyclic) bond motifs is 3. The molecular weight excluding hydrogens is 228 g/mol. The topological polar surface area (TPSA) is 54.4 Å². The zero-order chi connectivity index (χ0) is 12.5. The number of aliphatic imine (C=N–C) groups is 1. The van der Waals surface area contributed by atoms with Gasteiger partial charge in [-0.15, -0.1) is 0 Å². The highest BCUT2D eigenvalue weighted by Crippen LogP contribution is 2.26. The molecule has 2 aromatic rings. The lowest BCUT2D eigenvalue weighted by Crippen LogP contribution is -2.23. The van der Waals surface area contributed by atoms with Gasteiger partial charge in [-0.2, -0.15) is 0 Å². The van der Waals surface area contributed by atoms with E-state index in [9.17, 15) is 4.79 Å².